The minimum absolute atomic E-state index is 0.163. The number of aliphatic imine (C=N–C) groups is 2. The quantitative estimate of drug-likeness (QED) is 0.164. The Morgan fingerprint density at radius 2 is 1.43 bits per heavy atom. The van der Waals surface area contributed by atoms with Crippen LogP contribution in [0.3, 0.4) is 0 Å². The van der Waals surface area contributed by atoms with Crippen molar-refractivity contribution in [3.05, 3.63) is 251 Å². The average Bonchev–Trinajstić information content (AvgIpc) is 3.61. The monoisotopic (exact) mass is 788 g/mol. The first-order chi connectivity index (χ1) is 29.6. The van der Waals surface area contributed by atoms with Crippen molar-refractivity contribution in [1.82, 2.24) is 10.3 Å². The number of nitrogens with one attached hydrogen (secondary N) is 1. The molecule has 7 aromatic rings. The molecule has 11 rings (SSSR count). The molecule has 0 bridgehead atoms. The number of thioether (sulfide) groups is 1. The lowest BCUT2D eigenvalue weighted by Crippen LogP contribution is -2.37. The molecule has 0 radical (unpaired) electrons. The van der Waals surface area contributed by atoms with E-state index in [9.17, 15) is 0 Å². The molecule has 60 heavy (non-hydrogen) atoms. The number of fused-ring (bicyclic) bond motifs is 10. The van der Waals surface area contributed by atoms with Gasteiger partial charge in [0.25, 0.3) is 0 Å². The van der Waals surface area contributed by atoms with Crippen molar-refractivity contribution in [3.8, 4) is 22.3 Å². The topological polar surface area (TPSA) is 49.6 Å². The van der Waals surface area contributed by atoms with Gasteiger partial charge in [0.1, 0.15) is 11.7 Å². The number of hydrogen-bond donors (Lipinski definition) is 1. The summed E-state index contributed by atoms with van der Waals surface area (Å²) in [4.78, 5) is 17.9. The smallest absolute Gasteiger partial charge is 0.169 e. The maximum atomic E-state index is 5.35. The van der Waals surface area contributed by atoms with E-state index in [2.05, 4.69) is 170 Å². The van der Waals surface area contributed by atoms with Crippen molar-refractivity contribution in [2.24, 2.45) is 9.98 Å². The zero-order valence-corrected chi connectivity index (χ0v) is 33.7. The van der Waals surface area contributed by atoms with Crippen LogP contribution in [0.25, 0.3) is 33.2 Å². The van der Waals surface area contributed by atoms with Crippen molar-refractivity contribution in [2.75, 3.05) is 0 Å². The van der Waals surface area contributed by atoms with E-state index >= 15 is 0 Å². The molecule has 0 saturated heterocycles. The molecule has 0 fully saturated rings. The van der Waals surface area contributed by atoms with Gasteiger partial charge in [-0.1, -0.05) is 189 Å². The van der Waals surface area contributed by atoms with Gasteiger partial charge in [-0.3, -0.25) is 4.98 Å². The number of hydrogen-bond acceptors (Lipinski definition) is 5. The van der Waals surface area contributed by atoms with Crippen LogP contribution in [0.5, 0.6) is 0 Å². The molecule has 3 heterocycles. The standard InChI is InChI=1S/C55H40N4S/c1-3-4-14-35(2)52-57-53(39-26-24-37(25-27-39)36-15-6-5-7-16-36)59-54(58-52)41-29-31-50-48(34-41)55(45-22-10-8-19-43(45)44-20-9-11-23-46(44)55)47-33-40(28-30-49(47)60-50)42-21-12-17-38-18-13-32-56-51(38)42/h3-27,29-34,40,53H,1-2,28H2,(H,57,58,59)/b14-4-. The molecular weight excluding hydrogens is 749 g/mol. The van der Waals surface area contributed by atoms with Crippen LogP contribution in [0, 0.1) is 0 Å². The van der Waals surface area contributed by atoms with Crippen molar-refractivity contribution in [1.29, 1.82) is 0 Å². The Morgan fingerprint density at radius 3 is 2.22 bits per heavy atom. The van der Waals surface area contributed by atoms with Crippen molar-refractivity contribution >= 4 is 34.3 Å². The number of aromatic nitrogens is 1. The van der Waals surface area contributed by atoms with Crippen LogP contribution in [0.4, 0.5) is 0 Å². The molecule has 2 atom stereocenters. The molecule has 1 spiro atoms. The molecule has 2 unspecified atom stereocenters. The zero-order valence-electron chi connectivity index (χ0n) is 32.9. The summed E-state index contributed by atoms with van der Waals surface area (Å²) in [6.07, 6.45) is 13.0. The van der Waals surface area contributed by atoms with Crippen molar-refractivity contribution in [2.45, 2.75) is 28.8 Å². The first-order valence-electron chi connectivity index (χ1n) is 20.4. The second-order valence-corrected chi connectivity index (χ2v) is 16.7. The summed E-state index contributed by atoms with van der Waals surface area (Å²) in [5.74, 6) is 1.60. The van der Waals surface area contributed by atoms with Gasteiger partial charge in [-0.15, -0.1) is 0 Å². The predicted molar refractivity (Wildman–Crippen MR) is 250 cm³/mol. The third kappa shape index (κ3) is 5.80. The highest BCUT2D eigenvalue weighted by molar-refractivity contribution is 8.03. The van der Waals surface area contributed by atoms with Gasteiger partial charge in [0.05, 0.1) is 10.9 Å². The highest BCUT2D eigenvalue weighted by Crippen LogP contribution is 2.65. The minimum atomic E-state index is -0.554. The van der Waals surface area contributed by atoms with Gasteiger partial charge in [0, 0.05) is 38.4 Å². The van der Waals surface area contributed by atoms with E-state index in [4.69, 9.17) is 15.0 Å². The van der Waals surface area contributed by atoms with Gasteiger partial charge in [0.15, 0.2) is 6.17 Å². The summed E-state index contributed by atoms with van der Waals surface area (Å²) in [6, 6.07) is 54.7. The molecule has 6 aromatic carbocycles. The summed E-state index contributed by atoms with van der Waals surface area (Å²) in [5, 5.41) is 4.78. The molecule has 286 valence electrons. The summed E-state index contributed by atoms with van der Waals surface area (Å²) in [6.45, 7) is 8.28. The van der Waals surface area contributed by atoms with Gasteiger partial charge < -0.3 is 5.32 Å². The van der Waals surface area contributed by atoms with Crippen LogP contribution in [0.1, 0.15) is 51.9 Å². The predicted octanol–water partition coefficient (Wildman–Crippen LogP) is 13.1. The first kappa shape index (κ1) is 36.0. The van der Waals surface area contributed by atoms with Gasteiger partial charge in [-0.2, -0.15) is 0 Å². The minimum Gasteiger partial charge on any atom is -0.324 e. The summed E-state index contributed by atoms with van der Waals surface area (Å²) in [7, 11) is 0. The molecule has 4 nitrogen and oxygen atoms in total. The van der Waals surface area contributed by atoms with Gasteiger partial charge >= 0.3 is 0 Å². The van der Waals surface area contributed by atoms with E-state index in [1.807, 2.05) is 42.2 Å². The lowest BCUT2D eigenvalue weighted by atomic mass is 9.64. The molecule has 4 aliphatic rings. The second-order valence-electron chi connectivity index (χ2n) is 15.6. The number of benzene rings is 6. The largest absolute Gasteiger partial charge is 0.324 e. The van der Waals surface area contributed by atoms with Crippen molar-refractivity contribution < 1.29 is 0 Å². The van der Waals surface area contributed by atoms with E-state index in [0.717, 1.165) is 40.0 Å². The van der Waals surface area contributed by atoms with Crippen LogP contribution in [-0.2, 0) is 5.41 Å². The number of nitrogens with zero attached hydrogens (tertiary/aromatic N) is 3. The Bertz CT molecular complexity index is 3010. The normalized spacial score (nSPS) is 18.3. The number of allylic oxidation sites excluding steroid dienone is 5. The Labute approximate surface area is 354 Å². The van der Waals surface area contributed by atoms with Crippen LogP contribution in [-0.4, -0.2) is 16.7 Å². The van der Waals surface area contributed by atoms with Crippen molar-refractivity contribution in [3.63, 3.8) is 0 Å². The van der Waals surface area contributed by atoms with E-state index < -0.39 is 11.6 Å². The Balaban J connectivity index is 1.09. The third-order valence-electron chi connectivity index (χ3n) is 12.3. The Hall–Kier alpha value is -7.08. The third-order valence-corrected chi connectivity index (χ3v) is 13.5. The summed E-state index contributed by atoms with van der Waals surface area (Å²) < 4.78 is 0. The Kier molecular flexibility index (Phi) is 8.79. The highest BCUT2D eigenvalue weighted by Gasteiger charge is 2.52. The summed E-state index contributed by atoms with van der Waals surface area (Å²) in [5.41, 5.74) is 14.6. The lowest BCUT2D eigenvalue weighted by molar-refractivity contribution is 0.707. The highest BCUT2D eigenvalue weighted by atomic mass is 32.2. The maximum absolute atomic E-state index is 5.35. The molecule has 2 aliphatic carbocycles. The SMILES string of the molecule is C=C/C=C\C(=C)C1=NC(c2ccc(-c3ccccc3)cc2)N=C(c2ccc3c(c2)C2(C4=CC(c5cccc6cccnc56)CC=C4S3)c3ccccc3-c3ccccc32)N1. The fourth-order valence-corrected chi connectivity index (χ4v) is 10.7. The molecule has 1 N–H and O–H groups in total. The van der Waals surface area contributed by atoms with E-state index in [1.165, 1.54) is 59.7 Å². The number of para-hydroxylation sites is 1. The first-order valence-corrected chi connectivity index (χ1v) is 21.3. The fourth-order valence-electron chi connectivity index (χ4n) is 9.53. The molecular formula is C55H40N4S. The van der Waals surface area contributed by atoms with E-state index in [1.54, 1.807) is 6.08 Å². The van der Waals surface area contributed by atoms with E-state index in [-0.39, 0.29) is 5.92 Å². The van der Waals surface area contributed by atoms with Crippen LogP contribution in [0.2, 0.25) is 0 Å². The lowest BCUT2D eigenvalue weighted by Gasteiger charge is -2.43. The fraction of sp³-hybridized carbons (Fsp3) is 0.0727. The molecule has 0 amide bonds. The van der Waals surface area contributed by atoms with Crippen LogP contribution < -0.4 is 5.32 Å². The molecule has 2 aliphatic heterocycles. The summed E-state index contributed by atoms with van der Waals surface area (Å²) >= 11 is 1.88. The second kappa shape index (κ2) is 14.6. The van der Waals surface area contributed by atoms with Crippen LogP contribution >= 0.6 is 11.8 Å². The number of pyridine rings is 1. The van der Waals surface area contributed by atoms with Gasteiger partial charge in [0.2, 0.25) is 0 Å². The molecule has 0 saturated carbocycles. The average molecular weight is 789 g/mol. The number of rotatable bonds is 7. The van der Waals surface area contributed by atoms with Gasteiger partial charge in [-0.05, 0) is 80.3 Å². The maximum Gasteiger partial charge on any atom is 0.169 e. The molecule has 1 aromatic heterocycles. The zero-order chi connectivity index (χ0) is 40.2. The molecule has 5 heteroatoms. The van der Waals surface area contributed by atoms with E-state index in [0.29, 0.717) is 5.84 Å². The van der Waals surface area contributed by atoms with Crippen LogP contribution in [0.15, 0.2) is 232 Å². The van der Waals surface area contributed by atoms with Gasteiger partial charge in [-0.25, -0.2) is 9.98 Å². The Morgan fingerprint density at radius 1 is 0.717 bits per heavy atom. The number of amidine groups is 2.